The van der Waals surface area contributed by atoms with Crippen LogP contribution < -0.4 is 32.0 Å². The van der Waals surface area contributed by atoms with Gasteiger partial charge in [-0.15, -0.1) is 0 Å². The number of rotatable bonds is 12. The lowest BCUT2D eigenvalue weighted by Gasteiger charge is -2.23. The summed E-state index contributed by atoms with van der Waals surface area (Å²) >= 11 is 0. The Kier molecular flexibility index (Phi) is 12.5. The number of amides is 1. The fraction of sp³-hybridized carbons (Fsp3) is 0.355. The van der Waals surface area contributed by atoms with E-state index in [-0.39, 0.29) is 34.6 Å². The van der Waals surface area contributed by atoms with Crippen LogP contribution in [-0.4, -0.2) is 38.5 Å². The summed E-state index contributed by atoms with van der Waals surface area (Å²) in [5.74, 6) is 5.79. The molecule has 2 rings (SSSR count). The van der Waals surface area contributed by atoms with Crippen molar-refractivity contribution in [3.8, 4) is 5.75 Å². The summed E-state index contributed by atoms with van der Waals surface area (Å²) in [7, 11) is 2.90. The van der Waals surface area contributed by atoms with Crippen LogP contribution in [0.15, 0.2) is 71.1 Å². The number of carbonyl (C=O) groups excluding carboxylic acids is 1. The maximum atomic E-state index is 13.8. The zero-order chi connectivity index (χ0) is 32.4. The first-order chi connectivity index (χ1) is 20.1. The number of nitrogens with two attached hydrogens (primary N) is 2. The van der Waals surface area contributed by atoms with Crippen LogP contribution in [0.3, 0.4) is 0 Å². The van der Waals surface area contributed by atoms with Crippen molar-refractivity contribution >= 4 is 23.5 Å². The van der Waals surface area contributed by atoms with Crippen LogP contribution in [0.2, 0.25) is 0 Å². The molecule has 0 unspecified atom stereocenters. The second kappa shape index (κ2) is 15.4. The first kappa shape index (κ1) is 35.1. The van der Waals surface area contributed by atoms with Gasteiger partial charge in [0.1, 0.15) is 5.75 Å². The summed E-state index contributed by atoms with van der Waals surface area (Å²) in [5, 5.41) is 7.01. The summed E-state index contributed by atoms with van der Waals surface area (Å²) in [6.45, 7) is 9.69. The molecule has 0 bridgehead atoms. The van der Waals surface area contributed by atoms with Gasteiger partial charge in [-0.1, -0.05) is 18.2 Å². The van der Waals surface area contributed by atoms with Gasteiger partial charge in [0.2, 0.25) is 0 Å². The van der Waals surface area contributed by atoms with E-state index in [9.17, 15) is 18.0 Å². The number of allylic oxidation sites excluding steroid dienone is 1. The number of carbonyl (C=O) groups is 1. The molecule has 1 amide bonds. The van der Waals surface area contributed by atoms with E-state index in [1.807, 2.05) is 20.8 Å². The predicted molar refractivity (Wildman–Crippen MR) is 166 cm³/mol. The van der Waals surface area contributed by atoms with E-state index < -0.39 is 17.6 Å². The van der Waals surface area contributed by atoms with Crippen molar-refractivity contribution in [1.82, 2.24) is 5.32 Å². The Balaban J connectivity index is 2.47. The van der Waals surface area contributed by atoms with Gasteiger partial charge in [-0.25, -0.2) is 5.84 Å². The Bertz CT molecular complexity index is 1390. The van der Waals surface area contributed by atoms with Crippen molar-refractivity contribution in [3.63, 3.8) is 0 Å². The molecule has 2 aromatic carbocycles. The lowest BCUT2D eigenvalue weighted by molar-refractivity contribution is -0.137. The molecule has 234 valence electrons. The van der Waals surface area contributed by atoms with E-state index in [2.05, 4.69) is 15.6 Å². The third-order valence-electron chi connectivity index (χ3n) is 6.04. The highest BCUT2D eigenvalue weighted by Crippen LogP contribution is 2.38. The van der Waals surface area contributed by atoms with Crippen LogP contribution in [0, 0.1) is 6.92 Å². The topological polar surface area (TPSA) is 127 Å². The molecule has 6 N–H and O–H groups in total. The molecule has 0 aromatic heterocycles. The summed E-state index contributed by atoms with van der Waals surface area (Å²) in [6, 6.07) is 6.61. The Labute approximate surface area is 251 Å². The SMILES string of the molecule is CC=N/C=C(\C=C\COC)C(/N)=C/N(N)c1cc(C(=O)Nc2cc(C(F)(F)F)cc(CNC(C)(C)C)c2OC)ccc1C. The van der Waals surface area contributed by atoms with Crippen molar-refractivity contribution in [1.29, 1.82) is 0 Å². The molecule has 0 heterocycles. The number of ether oxygens (including phenoxy) is 2. The van der Waals surface area contributed by atoms with Crippen LogP contribution in [0.4, 0.5) is 24.5 Å². The number of hydrogen-bond donors (Lipinski definition) is 4. The van der Waals surface area contributed by atoms with Gasteiger partial charge in [0.15, 0.2) is 0 Å². The molecule has 0 radical (unpaired) electrons. The third-order valence-corrected chi connectivity index (χ3v) is 6.04. The van der Waals surface area contributed by atoms with E-state index in [0.29, 0.717) is 23.6 Å². The van der Waals surface area contributed by atoms with Gasteiger partial charge in [-0.2, -0.15) is 13.2 Å². The molecule has 0 saturated carbocycles. The number of aryl methyl sites for hydroxylation is 1. The molecular formula is C31H41F3N6O3. The number of nitrogens with zero attached hydrogens (tertiary/aromatic N) is 2. The van der Waals surface area contributed by atoms with Crippen LogP contribution in [0.1, 0.15) is 54.7 Å². The van der Waals surface area contributed by atoms with Gasteiger partial charge in [0, 0.05) is 54.5 Å². The number of benzene rings is 2. The van der Waals surface area contributed by atoms with Gasteiger partial charge in [-0.05, 0) is 64.4 Å². The first-order valence-corrected chi connectivity index (χ1v) is 13.4. The highest BCUT2D eigenvalue weighted by molar-refractivity contribution is 6.06. The number of aliphatic imine (C=N–C) groups is 1. The minimum absolute atomic E-state index is 0.0880. The summed E-state index contributed by atoms with van der Waals surface area (Å²) in [6.07, 6.45) is 3.51. The Morgan fingerprint density at radius 2 is 1.84 bits per heavy atom. The minimum Gasteiger partial charge on any atom is -0.494 e. The number of halogens is 3. The van der Waals surface area contributed by atoms with Crippen LogP contribution in [0.25, 0.3) is 0 Å². The number of anilines is 2. The van der Waals surface area contributed by atoms with Gasteiger partial charge in [0.05, 0.1) is 36.4 Å². The van der Waals surface area contributed by atoms with Crippen molar-refractivity contribution in [2.24, 2.45) is 16.6 Å². The standard InChI is InChI=1S/C31H41F3N6O3/c1-8-37-17-22(10-9-13-42-6)25(35)19-40(36)27-15-21(12-11-20(27)2)29(41)39-26-16-24(31(32,33)34)14-23(28(26)43-7)18-38-30(3,4)5/h8-12,14-17,19,38H,13,18,35-36H2,1-7H3,(H,39,41)/b10-9+,22-17+,25-19-,37-8?. The normalized spacial score (nSPS) is 13.2. The molecule has 2 aromatic rings. The zero-order valence-corrected chi connectivity index (χ0v) is 25.6. The smallest absolute Gasteiger partial charge is 0.416 e. The number of alkyl halides is 3. The maximum absolute atomic E-state index is 13.8. The van der Waals surface area contributed by atoms with Gasteiger partial charge >= 0.3 is 6.18 Å². The van der Waals surface area contributed by atoms with E-state index in [0.717, 1.165) is 17.7 Å². The fourth-order valence-electron chi connectivity index (χ4n) is 3.84. The molecule has 0 aliphatic carbocycles. The Morgan fingerprint density at radius 1 is 1.14 bits per heavy atom. The van der Waals surface area contributed by atoms with Crippen LogP contribution in [-0.2, 0) is 17.5 Å². The van der Waals surface area contributed by atoms with Crippen molar-refractivity contribution in [3.05, 3.63) is 88.4 Å². The molecule has 0 saturated heterocycles. The quantitative estimate of drug-likeness (QED) is 0.104. The second-order valence-electron chi connectivity index (χ2n) is 10.6. The number of hydrogen-bond acceptors (Lipinski definition) is 8. The minimum atomic E-state index is -4.64. The van der Waals surface area contributed by atoms with Gasteiger partial charge in [0.25, 0.3) is 5.91 Å². The first-order valence-electron chi connectivity index (χ1n) is 13.4. The van der Waals surface area contributed by atoms with Crippen molar-refractivity contribution < 1.29 is 27.4 Å². The number of nitrogens with one attached hydrogen (secondary N) is 2. The van der Waals surface area contributed by atoms with Crippen molar-refractivity contribution in [2.45, 2.75) is 52.9 Å². The monoisotopic (exact) mass is 602 g/mol. The highest BCUT2D eigenvalue weighted by Gasteiger charge is 2.33. The maximum Gasteiger partial charge on any atom is 0.416 e. The lowest BCUT2D eigenvalue weighted by atomic mass is 10.0. The molecule has 12 heteroatoms. The van der Waals surface area contributed by atoms with E-state index in [1.54, 1.807) is 57.7 Å². The predicted octanol–water partition coefficient (Wildman–Crippen LogP) is 5.82. The Hall–Kier alpha value is -4.13. The summed E-state index contributed by atoms with van der Waals surface area (Å²) in [5.41, 5.74) is 7.33. The van der Waals surface area contributed by atoms with Gasteiger partial charge in [-0.3, -0.25) is 14.8 Å². The molecule has 0 atom stereocenters. The Morgan fingerprint density at radius 3 is 2.42 bits per heavy atom. The van der Waals surface area contributed by atoms with E-state index >= 15 is 0 Å². The van der Waals surface area contributed by atoms with Crippen LogP contribution >= 0.6 is 0 Å². The van der Waals surface area contributed by atoms with E-state index in [4.69, 9.17) is 21.1 Å². The van der Waals surface area contributed by atoms with Gasteiger partial charge < -0.3 is 25.8 Å². The highest BCUT2D eigenvalue weighted by atomic mass is 19.4. The summed E-state index contributed by atoms with van der Waals surface area (Å²) < 4.78 is 51.9. The zero-order valence-electron chi connectivity index (χ0n) is 25.6. The molecule has 0 aliphatic rings. The third kappa shape index (κ3) is 10.6. The molecule has 9 nitrogen and oxygen atoms in total. The molecule has 0 spiro atoms. The molecule has 0 aliphatic heterocycles. The largest absolute Gasteiger partial charge is 0.494 e. The average Bonchev–Trinajstić information content (AvgIpc) is 2.92. The molecule has 0 fully saturated rings. The van der Waals surface area contributed by atoms with Crippen LogP contribution in [0.5, 0.6) is 5.75 Å². The lowest BCUT2D eigenvalue weighted by Crippen LogP contribution is -2.35. The average molecular weight is 603 g/mol. The summed E-state index contributed by atoms with van der Waals surface area (Å²) in [4.78, 5) is 17.5. The number of hydrazine groups is 1. The van der Waals surface area contributed by atoms with Crippen molar-refractivity contribution in [2.75, 3.05) is 31.2 Å². The molecule has 43 heavy (non-hydrogen) atoms. The fourth-order valence-corrected chi connectivity index (χ4v) is 3.84. The van der Waals surface area contributed by atoms with E-state index in [1.165, 1.54) is 24.4 Å². The number of methoxy groups -OCH3 is 2. The second-order valence-corrected chi connectivity index (χ2v) is 10.6. The molecular weight excluding hydrogens is 561 g/mol.